The van der Waals surface area contributed by atoms with E-state index in [1.807, 2.05) is 0 Å². The van der Waals surface area contributed by atoms with Crippen molar-refractivity contribution in [3.05, 3.63) is 0 Å². The lowest BCUT2D eigenvalue weighted by Crippen LogP contribution is -2.35. The molecule has 1 spiro atoms. The Morgan fingerprint density at radius 3 is 2.62 bits per heavy atom. The van der Waals surface area contributed by atoms with Gasteiger partial charge in [-0.3, -0.25) is 0 Å². The van der Waals surface area contributed by atoms with Crippen LogP contribution in [-0.4, -0.2) is 24.4 Å². The predicted octanol–water partition coefficient (Wildman–Crippen LogP) is 2.55. The van der Waals surface area contributed by atoms with Crippen molar-refractivity contribution in [2.24, 2.45) is 5.92 Å². The van der Waals surface area contributed by atoms with Gasteiger partial charge in [0.1, 0.15) is 0 Å². The molecule has 1 atom stereocenters. The lowest BCUT2D eigenvalue weighted by molar-refractivity contribution is -0.189. The first kappa shape index (κ1) is 9.75. The number of hydrogen-bond donors (Lipinski definition) is 0. The molecule has 1 saturated carbocycles. The molecule has 2 aliphatic rings. The third-order valence-corrected chi connectivity index (χ3v) is 3.47. The summed E-state index contributed by atoms with van der Waals surface area (Å²) in [6, 6.07) is 0. The van der Waals surface area contributed by atoms with Crippen LogP contribution in [0.4, 0.5) is 0 Å². The van der Waals surface area contributed by atoms with Crippen LogP contribution in [0.25, 0.3) is 0 Å². The Morgan fingerprint density at radius 2 is 2.08 bits per heavy atom. The van der Waals surface area contributed by atoms with E-state index in [0.29, 0.717) is 12.5 Å². The van der Waals surface area contributed by atoms with Crippen LogP contribution in [0.5, 0.6) is 0 Å². The molecule has 0 radical (unpaired) electrons. The van der Waals surface area contributed by atoms with E-state index in [1.165, 1.54) is 12.8 Å². The van der Waals surface area contributed by atoms with Crippen molar-refractivity contribution in [3.63, 3.8) is 0 Å². The largest absolute Gasteiger partial charge is 0.347 e. The Morgan fingerprint density at radius 1 is 1.38 bits per heavy atom. The maximum atomic E-state index is 5.83. The Labute approximate surface area is 84.5 Å². The normalized spacial score (nSPS) is 45.7. The predicted molar refractivity (Wildman–Crippen MR) is 51.9 cm³/mol. The minimum Gasteiger partial charge on any atom is -0.347 e. The highest BCUT2D eigenvalue weighted by atomic mass is 35.5. The topological polar surface area (TPSA) is 18.5 Å². The van der Waals surface area contributed by atoms with Crippen LogP contribution < -0.4 is 0 Å². The first-order valence-electron chi connectivity index (χ1n) is 5.12. The summed E-state index contributed by atoms with van der Waals surface area (Å²) in [7, 11) is 0. The zero-order valence-corrected chi connectivity index (χ0v) is 8.85. The summed E-state index contributed by atoms with van der Waals surface area (Å²) >= 11 is 5.73. The van der Waals surface area contributed by atoms with E-state index < -0.39 is 0 Å². The second-order valence-electron chi connectivity index (χ2n) is 4.30. The summed E-state index contributed by atoms with van der Waals surface area (Å²) in [6.45, 7) is 2.97. The van der Waals surface area contributed by atoms with E-state index in [9.17, 15) is 0 Å². The standard InChI is InChI=1S/C10H17ClO2/c1-8-2-4-10(5-3-8)12-7-9(6-11)13-10/h8-9H,2-7H2,1H3/t8?,9-,10?/m1/s1. The maximum Gasteiger partial charge on any atom is 0.168 e. The molecule has 1 aliphatic heterocycles. The van der Waals surface area contributed by atoms with Gasteiger partial charge in [0.25, 0.3) is 0 Å². The summed E-state index contributed by atoms with van der Waals surface area (Å²) in [6.07, 6.45) is 4.64. The molecule has 2 nitrogen and oxygen atoms in total. The molecule has 0 amide bonds. The van der Waals surface area contributed by atoms with Gasteiger partial charge in [0.2, 0.25) is 0 Å². The highest BCUT2D eigenvalue weighted by Gasteiger charge is 2.43. The van der Waals surface area contributed by atoms with E-state index >= 15 is 0 Å². The van der Waals surface area contributed by atoms with Gasteiger partial charge in [0, 0.05) is 12.8 Å². The molecule has 0 bridgehead atoms. The van der Waals surface area contributed by atoms with E-state index in [-0.39, 0.29) is 11.9 Å². The molecule has 0 aromatic heterocycles. The first-order valence-corrected chi connectivity index (χ1v) is 5.65. The molecule has 0 N–H and O–H groups in total. The zero-order valence-electron chi connectivity index (χ0n) is 8.09. The second-order valence-corrected chi connectivity index (χ2v) is 4.61. The van der Waals surface area contributed by atoms with Gasteiger partial charge in [0.15, 0.2) is 5.79 Å². The van der Waals surface area contributed by atoms with E-state index in [2.05, 4.69) is 6.92 Å². The summed E-state index contributed by atoms with van der Waals surface area (Å²) < 4.78 is 11.6. The summed E-state index contributed by atoms with van der Waals surface area (Å²) in [4.78, 5) is 0. The van der Waals surface area contributed by atoms with Gasteiger partial charge < -0.3 is 9.47 Å². The fourth-order valence-electron chi connectivity index (χ4n) is 2.16. The molecular formula is C10H17ClO2. The van der Waals surface area contributed by atoms with Crippen LogP contribution in [-0.2, 0) is 9.47 Å². The minimum atomic E-state index is -0.258. The number of alkyl halides is 1. The highest BCUT2D eigenvalue weighted by Crippen LogP contribution is 2.39. The van der Waals surface area contributed by atoms with Crippen LogP contribution in [0.2, 0.25) is 0 Å². The van der Waals surface area contributed by atoms with Crippen molar-refractivity contribution < 1.29 is 9.47 Å². The van der Waals surface area contributed by atoms with Crippen molar-refractivity contribution >= 4 is 11.6 Å². The highest BCUT2D eigenvalue weighted by molar-refractivity contribution is 6.18. The van der Waals surface area contributed by atoms with Crippen molar-refractivity contribution in [2.45, 2.75) is 44.5 Å². The summed E-state index contributed by atoms with van der Waals surface area (Å²) in [5, 5.41) is 0. The van der Waals surface area contributed by atoms with Crippen molar-refractivity contribution in [1.29, 1.82) is 0 Å². The van der Waals surface area contributed by atoms with Crippen molar-refractivity contribution in [1.82, 2.24) is 0 Å². The quantitative estimate of drug-likeness (QED) is 0.612. The third-order valence-electron chi connectivity index (χ3n) is 3.12. The average molecular weight is 205 g/mol. The monoisotopic (exact) mass is 204 g/mol. The Balaban J connectivity index is 1.92. The smallest absolute Gasteiger partial charge is 0.168 e. The lowest BCUT2D eigenvalue weighted by atomic mass is 9.86. The Bertz CT molecular complexity index is 176. The van der Waals surface area contributed by atoms with Crippen LogP contribution in [0.15, 0.2) is 0 Å². The molecule has 3 heteroatoms. The minimum absolute atomic E-state index is 0.120. The molecular weight excluding hydrogens is 188 g/mol. The molecule has 0 unspecified atom stereocenters. The van der Waals surface area contributed by atoms with Crippen molar-refractivity contribution in [2.75, 3.05) is 12.5 Å². The molecule has 0 aromatic rings. The Kier molecular flexibility index (Phi) is 2.82. The molecule has 1 aliphatic carbocycles. The molecule has 0 aromatic carbocycles. The number of hydrogen-bond acceptors (Lipinski definition) is 2. The van der Waals surface area contributed by atoms with Crippen molar-refractivity contribution in [3.8, 4) is 0 Å². The fourth-order valence-corrected chi connectivity index (χ4v) is 2.31. The fraction of sp³-hybridized carbons (Fsp3) is 1.00. The second kappa shape index (κ2) is 3.76. The van der Waals surface area contributed by atoms with E-state index in [4.69, 9.17) is 21.1 Å². The van der Waals surface area contributed by atoms with Gasteiger partial charge in [-0.25, -0.2) is 0 Å². The van der Waals surface area contributed by atoms with Crippen LogP contribution >= 0.6 is 11.6 Å². The summed E-state index contributed by atoms with van der Waals surface area (Å²) in [5.74, 6) is 1.12. The number of rotatable bonds is 1. The van der Waals surface area contributed by atoms with E-state index in [1.54, 1.807) is 0 Å². The van der Waals surface area contributed by atoms with Gasteiger partial charge in [-0.15, -0.1) is 11.6 Å². The Hall–Kier alpha value is 0.210. The van der Waals surface area contributed by atoms with Gasteiger partial charge in [0.05, 0.1) is 18.6 Å². The molecule has 76 valence electrons. The number of ether oxygens (including phenoxy) is 2. The maximum absolute atomic E-state index is 5.83. The zero-order chi connectivity index (χ0) is 9.31. The van der Waals surface area contributed by atoms with Gasteiger partial charge in [-0.1, -0.05) is 6.92 Å². The average Bonchev–Trinajstić information content (AvgIpc) is 2.55. The van der Waals surface area contributed by atoms with Crippen LogP contribution in [0.1, 0.15) is 32.6 Å². The number of halogens is 1. The summed E-state index contributed by atoms with van der Waals surface area (Å²) in [5.41, 5.74) is 0. The SMILES string of the molecule is CC1CCC2(CC1)OC[C@@H](CCl)O2. The third kappa shape index (κ3) is 2.00. The van der Waals surface area contributed by atoms with Gasteiger partial charge in [-0.2, -0.15) is 0 Å². The molecule has 2 rings (SSSR count). The lowest BCUT2D eigenvalue weighted by Gasteiger charge is -2.34. The van der Waals surface area contributed by atoms with Crippen LogP contribution in [0, 0.1) is 5.92 Å². The van der Waals surface area contributed by atoms with E-state index in [0.717, 1.165) is 18.8 Å². The van der Waals surface area contributed by atoms with Gasteiger partial charge >= 0.3 is 0 Å². The molecule has 13 heavy (non-hydrogen) atoms. The van der Waals surface area contributed by atoms with Crippen LogP contribution in [0.3, 0.4) is 0 Å². The first-order chi connectivity index (χ1) is 6.24. The molecule has 2 fully saturated rings. The molecule has 1 heterocycles. The van der Waals surface area contributed by atoms with Gasteiger partial charge in [-0.05, 0) is 18.8 Å². The molecule has 1 saturated heterocycles.